The lowest BCUT2D eigenvalue weighted by Crippen LogP contribution is -2.41. The highest BCUT2D eigenvalue weighted by atomic mass is 16.2. The summed E-state index contributed by atoms with van der Waals surface area (Å²) in [6, 6.07) is 3.56. The van der Waals surface area contributed by atoms with E-state index in [4.69, 9.17) is 0 Å². The summed E-state index contributed by atoms with van der Waals surface area (Å²) in [7, 11) is 0. The Kier molecular flexibility index (Phi) is 2.48. The first-order valence-electron chi connectivity index (χ1n) is 6.15. The van der Waals surface area contributed by atoms with Crippen molar-refractivity contribution in [3.8, 4) is 0 Å². The lowest BCUT2D eigenvalue weighted by Gasteiger charge is -2.12. The molecule has 1 aromatic carbocycles. The van der Waals surface area contributed by atoms with Crippen LogP contribution in [-0.4, -0.2) is 24.5 Å². The molecule has 0 bridgehead atoms. The predicted octanol–water partition coefficient (Wildman–Crippen LogP) is 0.474. The van der Waals surface area contributed by atoms with Crippen LogP contribution in [0.4, 0.5) is 0 Å². The Morgan fingerprint density at radius 3 is 1.74 bits per heavy atom. The monoisotopic (exact) mass is 259 g/mol. The molecule has 0 unspecified atom stereocenters. The van der Waals surface area contributed by atoms with Crippen LogP contribution < -0.4 is 11.1 Å². The van der Waals surface area contributed by atoms with E-state index in [1.807, 2.05) is 13.8 Å². The number of hydrogen-bond donors (Lipinski definition) is 1. The fourth-order valence-electron chi connectivity index (χ4n) is 2.38. The molecule has 0 fully saturated rings. The van der Waals surface area contributed by atoms with E-state index in [0.717, 1.165) is 0 Å². The summed E-state index contributed by atoms with van der Waals surface area (Å²) in [4.78, 5) is 24.1. The van der Waals surface area contributed by atoms with Gasteiger partial charge in [-0.3, -0.25) is 9.59 Å². The number of nitrogens with one attached hydrogen (secondary N) is 1. The van der Waals surface area contributed by atoms with Crippen molar-refractivity contribution < 1.29 is 0 Å². The number of nitrogens with zero attached hydrogens (tertiary/aromatic N) is 4. The average Bonchev–Trinajstić information content (AvgIpc) is 2.86. The van der Waals surface area contributed by atoms with E-state index in [-0.39, 0.29) is 0 Å². The van der Waals surface area contributed by atoms with Crippen molar-refractivity contribution in [2.24, 2.45) is 0 Å². The SMILES string of the molecule is CCn1c(=O)c(=O)n(CC)c2cc3n[nH]nc3cc21. The van der Waals surface area contributed by atoms with Crippen LogP contribution in [0.1, 0.15) is 13.8 Å². The van der Waals surface area contributed by atoms with Gasteiger partial charge in [-0.25, -0.2) is 0 Å². The molecular formula is C12H13N5O2. The van der Waals surface area contributed by atoms with Crippen LogP contribution in [0.15, 0.2) is 21.7 Å². The summed E-state index contributed by atoms with van der Waals surface area (Å²) in [5.41, 5.74) is 1.76. The van der Waals surface area contributed by atoms with E-state index in [0.29, 0.717) is 35.2 Å². The molecule has 3 rings (SSSR count). The summed E-state index contributed by atoms with van der Waals surface area (Å²) in [5, 5.41) is 10.6. The number of fused-ring (bicyclic) bond motifs is 2. The predicted molar refractivity (Wildman–Crippen MR) is 71.3 cm³/mol. The van der Waals surface area contributed by atoms with Crippen LogP contribution in [0.5, 0.6) is 0 Å². The smallest absolute Gasteiger partial charge is 0.302 e. The van der Waals surface area contributed by atoms with E-state index < -0.39 is 11.1 Å². The molecule has 1 N–H and O–H groups in total. The van der Waals surface area contributed by atoms with Gasteiger partial charge < -0.3 is 9.13 Å². The van der Waals surface area contributed by atoms with Gasteiger partial charge in [0, 0.05) is 13.1 Å². The zero-order valence-electron chi connectivity index (χ0n) is 10.7. The first-order valence-corrected chi connectivity index (χ1v) is 6.15. The highest BCUT2D eigenvalue weighted by Gasteiger charge is 2.13. The molecule has 0 aliphatic carbocycles. The second-order valence-electron chi connectivity index (χ2n) is 4.25. The summed E-state index contributed by atoms with van der Waals surface area (Å²) in [6.45, 7) is 4.56. The third kappa shape index (κ3) is 1.51. The quantitative estimate of drug-likeness (QED) is 0.678. The first-order chi connectivity index (χ1) is 9.17. The van der Waals surface area contributed by atoms with Gasteiger partial charge in [0.1, 0.15) is 11.0 Å². The Balaban J connectivity index is 2.64. The molecule has 0 saturated heterocycles. The number of benzene rings is 1. The van der Waals surface area contributed by atoms with Crippen molar-refractivity contribution >= 4 is 22.1 Å². The molecule has 0 amide bonds. The Morgan fingerprint density at radius 1 is 0.947 bits per heavy atom. The molecule has 0 radical (unpaired) electrons. The highest BCUT2D eigenvalue weighted by molar-refractivity contribution is 5.90. The maximum absolute atomic E-state index is 12.1. The fraction of sp³-hybridized carbons (Fsp3) is 0.333. The topological polar surface area (TPSA) is 85.6 Å². The summed E-state index contributed by atoms with van der Waals surface area (Å²) in [5.74, 6) is 0. The molecule has 7 nitrogen and oxygen atoms in total. The molecule has 0 atom stereocenters. The highest BCUT2D eigenvalue weighted by Crippen LogP contribution is 2.17. The van der Waals surface area contributed by atoms with E-state index in [9.17, 15) is 9.59 Å². The molecule has 7 heteroatoms. The van der Waals surface area contributed by atoms with Crippen LogP contribution in [0.25, 0.3) is 22.1 Å². The van der Waals surface area contributed by atoms with Gasteiger partial charge in [-0.15, -0.1) is 0 Å². The van der Waals surface area contributed by atoms with Gasteiger partial charge in [-0.1, -0.05) is 0 Å². The van der Waals surface area contributed by atoms with Crippen molar-refractivity contribution in [1.29, 1.82) is 0 Å². The van der Waals surface area contributed by atoms with Crippen LogP contribution in [0, 0.1) is 0 Å². The van der Waals surface area contributed by atoms with E-state index in [1.165, 1.54) is 9.13 Å². The Morgan fingerprint density at radius 2 is 1.37 bits per heavy atom. The van der Waals surface area contributed by atoms with Crippen LogP contribution in [0.3, 0.4) is 0 Å². The normalized spacial score (nSPS) is 11.5. The lowest BCUT2D eigenvalue weighted by molar-refractivity contribution is 0.683. The minimum Gasteiger partial charge on any atom is -0.302 e. The second kappa shape index (κ2) is 4.04. The minimum atomic E-state index is -0.500. The maximum atomic E-state index is 12.1. The van der Waals surface area contributed by atoms with Gasteiger partial charge in [0.15, 0.2) is 0 Å². The molecule has 0 spiro atoms. The Hall–Kier alpha value is -2.44. The van der Waals surface area contributed by atoms with Crippen molar-refractivity contribution in [2.45, 2.75) is 26.9 Å². The maximum Gasteiger partial charge on any atom is 0.316 e. The molecule has 19 heavy (non-hydrogen) atoms. The molecule has 2 aromatic heterocycles. The number of aryl methyl sites for hydroxylation is 2. The van der Waals surface area contributed by atoms with Gasteiger partial charge in [0.05, 0.1) is 11.0 Å². The largest absolute Gasteiger partial charge is 0.316 e. The molecular weight excluding hydrogens is 246 g/mol. The van der Waals surface area contributed by atoms with Crippen LogP contribution in [0.2, 0.25) is 0 Å². The fourth-order valence-corrected chi connectivity index (χ4v) is 2.38. The number of rotatable bonds is 2. The van der Waals surface area contributed by atoms with E-state index in [1.54, 1.807) is 12.1 Å². The number of aromatic nitrogens is 5. The molecule has 0 saturated carbocycles. The molecule has 0 aliphatic rings. The van der Waals surface area contributed by atoms with Gasteiger partial charge in [0.25, 0.3) is 0 Å². The summed E-state index contributed by atoms with van der Waals surface area (Å²) >= 11 is 0. The first kappa shape index (κ1) is 11.6. The standard InChI is InChI=1S/C12H13N5O2/c1-3-16-9-5-7-8(14-15-13-7)6-10(9)17(4-2)12(19)11(16)18/h5-6H,3-4H2,1-2H3,(H,13,14,15). The van der Waals surface area contributed by atoms with Crippen LogP contribution >= 0.6 is 0 Å². The van der Waals surface area contributed by atoms with Crippen molar-refractivity contribution in [3.63, 3.8) is 0 Å². The van der Waals surface area contributed by atoms with Crippen LogP contribution in [-0.2, 0) is 13.1 Å². The van der Waals surface area contributed by atoms with Gasteiger partial charge >= 0.3 is 11.1 Å². The van der Waals surface area contributed by atoms with E-state index in [2.05, 4.69) is 15.4 Å². The van der Waals surface area contributed by atoms with Gasteiger partial charge in [0.2, 0.25) is 0 Å². The third-order valence-electron chi connectivity index (χ3n) is 3.30. The zero-order valence-corrected chi connectivity index (χ0v) is 10.7. The zero-order chi connectivity index (χ0) is 13.6. The average molecular weight is 259 g/mol. The van der Waals surface area contributed by atoms with Crippen molar-refractivity contribution in [3.05, 3.63) is 32.8 Å². The van der Waals surface area contributed by atoms with Gasteiger partial charge in [-0.2, -0.15) is 15.4 Å². The number of H-pyrrole nitrogens is 1. The third-order valence-corrected chi connectivity index (χ3v) is 3.30. The molecule has 3 aromatic rings. The van der Waals surface area contributed by atoms with E-state index >= 15 is 0 Å². The second-order valence-corrected chi connectivity index (χ2v) is 4.25. The lowest BCUT2D eigenvalue weighted by atomic mass is 10.2. The van der Waals surface area contributed by atoms with Gasteiger partial charge in [-0.05, 0) is 26.0 Å². The number of hydrogen-bond acceptors (Lipinski definition) is 4. The molecule has 98 valence electrons. The Labute approximate surface area is 107 Å². The summed E-state index contributed by atoms with van der Waals surface area (Å²) < 4.78 is 2.94. The number of aromatic amines is 1. The van der Waals surface area contributed by atoms with Crippen molar-refractivity contribution in [1.82, 2.24) is 24.5 Å². The molecule has 0 aliphatic heterocycles. The summed E-state index contributed by atoms with van der Waals surface area (Å²) in [6.07, 6.45) is 0. The minimum absolute atomic E-state index is 0.443. The Bertz CT molecular complexity index is 815. The van der Waals surface area contributed by atoms with Crippen molar-refractivity contribution in [2.75, 3.05) is 0 Å². The molecule has 2 heterocycles.